The van der Waals surface area contributed by atoms with E-state index in [4.69, 9.17) is 0 Å². The predicted octanol–water partition coefficient (Wildman–Crippen LogP) is 4.26. The maximum absolute atomic E-state index is 12.7. The van der Waals surface area contributed by atoms with E-state index in [-0.39, 0.29) is 18.0 Å². The Morgan fingerprint density at radius 2 is 1.48 bits per heavy atom. The number of hydrogen-bond donors (Lipinski definition) is 0. The molecule has 2 aromatic rings. The Balaban J connectivity index is 1.88. The fourth-order valence-corrected chi connectivity index (χ4v) is 2.64. The van der Waals surface area contributed by atoms with Gasteiger partial charge in [-0.2, -0.15) is 0 Å². The highest BCUT2D eigenvalue weighted by Gasteiger charge is 2.21. The van der Waals surface area contributed by atoms with Crippen molar-refractivity contribution in [1.82, 2.24) is 0 Å². The van der Waals surface area contributed by atoms with E-state index in [1.807, 2.05) is 36.4 Å². The average molecular weight is 303 g/mol. The smallest absolute Gasteiger partial charge is 0.190 e. The lowest BCUT2D eigenvalue weighted by atomic mass is 9.93. The van der Waals surface area contributed by atoms with E-state index < -0.39 is 0 Å². The predicted molar refractivity (Wildman–Crippen MR) is 90.9 cm³/mol. The molecule has 1 aliphatic rings. The first kappa shape index (κ1) is 15.1. The van der Waals surface area contributed by atoms with Gasteiger partial charge in [-0.1, -0.05) is 60.7 Å². The third-order valence-corrected chi connectivity index (χ3v) is 3.85. The first-order valence-electron chi connectivity index (χ1n) is 7.68. The molecule has 0 aromatic heterocycles. The Kier molecular flexibility index (Phi) is 4.57. The van der Waals surface area contributed by atoms with Gasteiger partial charge in [0.25, 0.3) is 0 Å². The van der Waals surface area contributed by atoms with Crippen LogP contribution in [0.2, 0.25) is 0 Å². The maximum atomic E-state index is 12.7. The summed E-state index contributed by atoms with van der Waals surface area (Å²) >= 11 is 0. The summed E-state index contributed by atoms with van der Waals surface area (Å²) in [4.78, 5) is 29.4. The lowest BCUT2D eigenvalue weighted by Gasteiger charge is -2.14. The van der Waals surface area contributed by atoms with Crippen molar-refractivity contribution in [2.24, 2.45) is 4.99 Å². The van der Waals surface area contributed by atoms with Crippen LogP contribution in [0, 0.1) is 0 Å². The van der Waals surface area contributed by atoms with Gasteiger partial charge in [-0.25, -0.2) is 0 Å². The molecule has 0 saturated heterocycles. The summed E-state index contributed by atoms with van der Waals surface area (Å²) in [5.74, 6) is -0.0451. The number of carbonyl (C=O) groups excluding carboxylic acids is 2. The molecule has 114 valence electrons. The van der Waals surface area contributed by atoms with Gasteiger partial charge >= 0.3 is 0 Å². The van der Waals surface area contributed by atoms with E-state index in [0.29, 0.717) is 28.8 Å². The van der Waals surface area contributed by atoms with Crippen LogP contribution in [0.25, 0.3) is 0 Å². The summed E-state index contributed by atoms with van der Waals surface area (Å²) in [6.07, 6.45) is 3.31. The number of benzene rings is 2. The van der Waals surface area contributed by atoms with Crippen molar-refractivity contribution in [1.29, 1.82) is 0 Å². The standard InChI is InChI=1S/C20H17NO2/c22-19(15-8-3-1-4-9-15)14-18-17(12-7-13-21-18)20(23)16-10-5-2-6-11-16/h1-6,8-11,13H,7,12,14H2. The molecular formula is C20H17NO2. The molecule has 23 heavy (non-hydrogen) atoms. The average Bonchev–Trinajstić information content (AvgIpc) is 2.63. The van der Waals surface area contributed by atoms with Crippen molar-refractivity contribution in [2.45, 2.75) is 19.3 Å². The van der Waals surface area contributed by atoms with Crippen molar-refractivity contribution < 1.29 is 9.59 Å². The number of allylic oxidation sites excluding steroid dienone is 2. The van der Waals surface area contributed by atoms with Crippen molar-refractivity contribution in [3.8, 4) is 0 Å². The molecule has 0 spiro atoms. The summed E-state index contributed by atoms with van der Waals surface area (Å²) in [6, 6.07) is 18.3. The van der Waals surface area contributed by atoms with Crippen molar-refractivity contribution >= 4 is 17.8 Å². The van der Waals surface area contributed by atoms with Crippen LogP contribution in [0.4, 0.5) is 0 Å². The second kappa shape index (κ2) is 6.97. The molecule has 3 nitrogen and oxygen atoms in total. The minimum atomic E-state index is -0.0293. The summed E-state index contributed by atoms with van der Waals surface area (Å²) < 4.78 is 0. The Morgan fingerprint density at radius 3 is 2.13 bits per heavy atom. The Hall–Kier alpha value is -2.81. The summed E-state index contributed by atoms with van der Waals surface area (Å²) in [7, 11) is 0. The zero-order valence-corrected chi connectivity index (χ0v) is 12.7. The van der Waals surface area contributed by atoms with Crippen LogP contribution < -0.4 is 0 Å². The number of hydrogen-bond acceptors (Lipinski definition) is 3. The Morgan fingerprint density at radius 1 is 0.870 bits per heavy atom. The normalized spacial score (nSPS) is 13.9. The largest absolute Gasteiger partial charge is 0.294 e. The van der Waals surface area contributed by atoms with Crippen LogP contribution in [0.5, 0.6) is 0 Å². The lowest BCUT2D eigenvalue weighted by molar-refractivity contribution is 0.0992. The van der Waals surface area contributed by atoms with Gasteiger partial charge in [0.05, 0.1) is 12.1 Å². The first-order chi connectivity index (χ1) is 11.3. The van der Waals surface area contributed by atoms with Gasteiger partial charge in [0, 0.05) is 22.9 Å². The highest BCUT2D eigenvalue weighted by atomic mass is 16.1. The molecule has 0 aliphatic carbocycles. The molecule has 1 aliphatic heterocycles. The number of aliphatic imine (C=N–C) groups is 1. The highest BCUT2D eigenvalue weighted by molar-refractivity contribution is 6.10. The molecule has 3 heteroatoms. The van der Waals surface area contributed by atoms with E-state index in [0.717, 1.165) is 6.42 Å². The van der Waals surface area contributed by atoms with Gasteiger partial charge in [-0.15, -0.1) is 0 Å². The Bertz CT molecular complexity index is 774. The second-order valence-electron chi connectivity index (χ2n) is 5.44. The summed E-state index contributed by atoms with van der Waals surface area (Å²) in [5.41, 5.74) is 2.54. The van der Waals surface area contributed by atoms with E-state index >= 15 is 0 Å². The van der Waals surface area contributed by atoms with E-state index in [2.05, 4.69) is 4.99 Å². The van der Waals surface area contributed by atoms with Crippen LogP contribution >= 0.6 is 0 Å². The highest BCUT2D eigenvalue weighted by Crippen LogP contribution is 2.24. The quantitative estimate of drug-likeness (QED) is 0.775. The molecule has 0 radical (unpaired) electrons. The first-order valence-corrected chi connectivity index (χ1v) is 7.68. The minimum Gasteiger partial charge on any atom is -0.294 e. The molecular weight excluding hydrogens is 286 g/mol. The summed E-state index contributed by atoms with van der Waals surface area (Å²) in [5, 5.41) is 0. The number of nitrogens with zero attached hydrogens (tertiary/aromatic N) is 1. The van der Waals surface area contributed by atoms with Crippen LogP contribution in [0.1, 0.15) is 40.0 Å². The zero-order valence-electron chi connectivity index (χ0n) is 12.7. The van der Waals surface area contributed by atoms with Crippen LogP contribution in [-0.2, 0) is 0 Å². The molecule has 0 saturated carbocycles. The zero-order chi connectivity index (χ0) is 16.1. The number of ketones is 2. The maximum Gasteiger partial charge on any atom is 0.190 e. The third-order valence-electron chi connectivity index (χ3n) is 3.85. The molecule has 3 rings (SSSR count). The van der Waals surface area contributed by atoms with Gasteiger partial charge in [-0.05, 0) is 12.8 Å². The van der Waals surface area contributed by atoms with Gasteiger partial charge in [0.2, 0.25) is 0 Å². The van der Waals surface area contributed by atoms with Crippen LogP contribution in [0.15, 0.2) is 76.9 Å². The molecule has 0 atom stereocenters. The minimum absolute atomic E-state index is 0.0157. The Labute approximate surface area is 135 Å². The SMILES string of the molecule is O=C(CC1=C(C(=O)c2ccccc2)CCC=N1)c1ccccc1. The van der Waals surface area contributed by atoms with Crippen molar-refractivity contribution in [2.75, 3.05) is 0 Å². The van der Waals surface area contributed by atoms with E-state index in [1.54, 1.807) is 30.5 Å². The number of rotatable bonds is 5. The fourth-order valence-electron chi connectivity index (χ4n) is 2.64. The molecule has 0 N–H and O–H groups in total. The molecule has 2 aromatic carbocycles. The van der Waals surface area contributed by atoms with Crippen molar-refractivity contribution in [3.63, 3.8) is 0 Å². The van der Waals surface area contributed by atoms with Crippen LogP contribution in [-0.4, -0.2) is 17.8 Å². The summed E-state index contributed by atoms with van der Waals surface area (Å²) in [6.45, 7) is 0. The molecule has 0 bridgehead atoms. The van der Waals surface area contributed by atoms with Gasteiger partial charge in [0.1, 0.15) is 0 Å². The second-order valence-corrected chi connectivity index (χ2v) is 5.44. The lowest BCUT2D eigenvalue weighted by Crippen LogP contribution is -2.12. The molecule has 0 unspecified atom stereocenters. The molecule has 0 amide bonds. The van der Waals surface area contributed by atoms with Crippen LogP contribution in [0.3, 0.4) is 0 Å². The fraction of sp³-hybridized carbons (Fsp3) is 0.150. The topological polar surface area (TPSA) is 46.5 Å². The van der Waals surface area contributed by atoms with Gasteiger partial charge in [0.15, 0.2) is 11.6 Å². The molecule has 0 fully saturated rings. The van der Waals surface area contributed by atoms with E-state index in [1.165, 1.54) is 0 Å². The van der Waals surface area contributed by atoms with Gasteiger partial charge < -0.3 is 0 Å². The van der Waals surface area contributed by atoms with Crippen molar-refractivity contribution in [3.05, 3.63) is 83.1 Å². The number of carbonyl (C=O) groups is 2. The number of Topliss-reactive ketones (excluding diaryl/α,β-unsaturated/α-hetero) is 2. The molecule has 1 heterocycles. The van der Waals surface area contributed by atoms with Gasteiger partial charge in [-0.3, -0.25) is 14.6 Å². The monoisotopic (exact) mass is 303 g/mol. The third kappa shape index (κ3) is 3.51. The van der Waals surface area contributed by atoms with E-state index in [9.17, 15) is 9.59 Å².